The zero-order chi connectivity index (χ0) is 23.9. The Morgan fingerprint density at radius 1 is 0.939 bits per heavy atom. The van der Waals surface area contributed by atoms with Crippen LogP contribution in [0.15, 0.2) is 59.4 Å². The molecule has 1 aliphatic rings. The third-order valence-corrected chi connectivity index (χ3v) is 5.30. The highest BCUT2D eigenvalue weighted by molar-refractivity contribution is 6.23. The highest BCUT2D eigenvalue weighted by Crippen LogP contribution is 2.23. The van der Waals surface area contributed by atoms with Crippen molar-refractivity contribution in [1.29, 1.82) is 0 Å². The van der Waals surface area contributed by atoms with Crippen molar-refractivity contribution in [2.45, 2.75) is 20.0 Å². The maximum absolute atomic E-state index is 12.5. The lowest BCUT2D eigenvalue weighted by atomic mass is 10.1. The van der Waals surface area contributed by atoms with Crippen LogP contribution in [0.3, 0.4) is 0 Å². The first-order valence-corrected chi connectivity index (χ1v) is 10.0. The number of ether oxygens (including phenoxy) is 1. The summed E-state index contributed by atoms with van der Waals surface area (Å²) < 4.78 is 6.36. The zero-order valence-corrected chi connectivity index (χ0v) is 17.7. The standard InChI is InChI=1S/C24H19N3O6/c1-12-3-5-14(6-4-12)20(29)13(2)33-24(32)15-7-9-16(10-8-15)27-18(28)11-17-19(21(27)25)23(31)26-22(17)30/h3-11,13H,25H2,1-2H3,(H,26,30,31). The normalized spacial score (nSPS) is 13.3. The van der Waals surface area contributed by atoms with Crippen LogP contribution < -0.4 is 16.6 Å². The predicted molar refractivity (Wildman–Crippen MR) is 119 cm³/mol. The Kier molecular flexibility index (Phi) is 5.39. The van der Waals surface area contributed by atoms with Crippen molar-refractivity contribution < 1.29 is 23.9 Å². The summed E-state index contributed by atoms with van der Waals surface area (Å²) >= 11 is 0. The van der Waals surface area contributed by atoms with Crippen LogP contribution >= 0.6 is 0 Å². The van der Waals surface area contributed by atoms with Gasteiger partial charge in [-0.2, -0.15) is 0 Å². The summed E-state index contributed by atoms with van der Waals surface area (Å²) in [5.74, 6) is -2.60. The quantitative estimate of drug-likeness (QED) is 0.348. The monoisotopic (exact) mass is 445 g/mol. The number of carbonyl (C=O) groups is 4. The van der Waals surface area contributed by atoms with Gasteiger partial charge in [0.15, 0.2) is 6.10 Å². The van der Waals surface area contributed by atoms with Crippen molar-refractivity contribution in [3.05, 3.63) is 92.8 Å². The van der Waals surface area contributed by atoms with Crippen molar-refractivity contribution >= 4 is 29.4 Å². The van der Waals surface area contributed by atoms with E-state index in [4.69, 9.17) is 10.5 Å². The van der Waals surface area contributed by atoms with Crippen molar-refractivity contribution in [1.82, 2.24) is 9.88 Å². The number of carbonyl (C=O) groups excluding carboxylic acids is 4. The highest BCUT2D eigenvalue weighted by atomic mass is 16.5. The molecule has 1 unspecified atom stereocenters. The molecule has 0 saturated heterocycles. The van der Waals surface area contributed by atoms with Crippen LogP contribution in [0.2, 0.25) is 0 Å². The molecule has 0 fully saturated rings. The lowest BCUT2D eigenvalue weighted by molar-refractivity contribution is 0.0318. The van der Waals surface area contributed by atoms with Crippen molar-refractivity contribution in [2.24, 2.45) is 0 Å². The molecule has 0 spiro atoms. The van der Waals surface area contributed by atoms with Gasteiger partial charge in [0.25, 0.3) is 17.4 Å². The molecule has 2 heterocycles. The molecule has 33 heavy (non-hydrogen) atoms. The number of anilines is 1. The van der Waals surface area contributed by atoms with Gasteiger partial charge in [-0.1, -0.05) is 29.8 Å². The minimum Gasteiger partial charge on any atom is -0.451 e. The van der Waals surface area contributed by atoms with Gasteiger partial charge in [-0.3, -0.25) is 29.1 Å². The Labute approximate surface area is 187 Å². The number of amides is 2. The molecule has 9 heteroatoms. The average molecular weight is 445 g/mol. The van der Waals surface area contributed by atoms with E-state index in [1.807, 2.05) is 6.92 Å². The number of aromatic nitrogens is 1. The Bertz CT molecular complexity index is 1370. The molecule has 3 aromatic rings. The number of ketones is 1. The Hall–Kier alpha value is -4.53. The van der Waals surface area contributed by atoms with Gasteiger partial charge in [0.2, 0.25) is 5.78 Å². The van der Waals surface area contributed by atoms with Gasteiger partial charge in [0.1, 0.15) is 5.82 Å². The topological polar surface area (TPSA) is 138 Å². The highest BCUT2D eigenvalue weighted by Gasteiger charge is 2.31. The SMILES string of the molecule is Cc1ccc(C(=O)C(C)OC(=O)c2ccc(-n3c(N)c4c(cc3=O)C(=O)NC4=O)cc2)cc1. The summed E-state index contributed by atoms with van der Waals surface area (Å²) in [6.07, 6.45) is -0.995. The lowest BCUT2D eigenvalue weighted by Gasteiger charge is -2.14. The molecule has 0 saturated carbocycles. The molecule has 3 N–H and O–H groups in total. The fourth-order valence-corrected chi connectivity index (χ4v) is 3.53. The number of nitrogens with one attached hydrogen (secondary N) is 1. The van der Waals surface area contributed by atoms with E-state index in [0.29, 0.717) is 5.56 Å². The molecule has 0 bridgehead atoms. The molecule has 0 aliphatic carbocycles. The average Bonchev–Trinajstić information content (AvgIpc) is 3.07. The molecule has 166 valence electrons. The van der Waals surface area contributed by atoms with Crippen molar-refractivity contribution in [3.8, 4) is 5.69 Å². The maximum atomic E-state index is 12.5. The maximum Gasteiger partial charge on any atom is 0.338 e. The first kappa shape index (κ1) is 21.7. The molecule has 9 nitrogen and oxygen atoms in total. The van der Waals surface area contributed by atoms with Crippen LogP contribution in [-0.4, -0.2) is 34.2 Å². The molecule has 1 aromatic heterocycles. The van der Waals surface area contributed by atoms with Crippen molar-refractivity contribution in [2.75, 3.05) is 5.73 Å². The molecular weight excluding hydrogens is 426 g/mol. The third-order valence-electron chi connectivity index (χ3n) is 5.30. The van der Waals surface area contributed by atoms with Gasteiger partial charge in [0.05, 0.1) is 22.4 Å². The minimum absolute atomic E-state index is 0.0773. The second kappa shape index (κ2) is 8.19. The van der Waals surface area contributed by atoms with Crippen molar-refractivity contribution in [3.63, 3.8) is 0 Å². The van der Waals surface area contributed by atoms with Gasteiger partial charge >= 0.3 is 5.97 Å². The number of nitrogens with two attached hydrogens (primary N) is 1. The molecule has 0 radical (unpaired) electrons. The number of aryl methyl sites for hydroxylation is 1. The van der Waals surface area contributed by atoms with Crippen LogP contribution in [0.25, 0.3) is 5.69 Å². The first-order valence-electron chi connectivity index (χ1n) is 10.0. The van der Waals surface area contributed by atoms with Crippen LogP contribution in [0.5, 0.6) is 0 Å². The zero-order valence-electron chi connectivity index (χ0n) is 17.7. The number of hydrogen-bond acceptors (Lipinski definition) is 7. The smallest absolute Gasteiger partial charge is 0.338 e. The van der Waals surface area contributed by atoms with Crippen LogP contribution in [0.4, 0.5) is 5.82 Å². The molecule has 4 rings (SSSR count). The number of rotatable bonds is 5. The van der Waals surface area contributed by atoms with Gasteiger partial charge < -0.3 is 10.5 Å². The number of hydrogen-bond donors (Lipinski definition) is 2. The summed E-state index contributed by atoms with van der Waals surface area (Å²) in [5, 5.41) is 2.10. The molecule has 1 atom stereocenters. The van der Waals surface area contributed by atoms with E-state index in [0.717, 1.165) is 16.2 Å². The third kappa shape index (κ3) is 3.91. The largest absolute Gasteiger partial charge is 0.451 e. The van der Waals surface area contributed by atoms with Crippen LogP contribution in [0.1, 0.15) is 53.9 Å². The fraction of sp³-hybridized carbons (Fsp3) is 0.125. The molecular formula is C24H19N3O6. The molecule has 1 aliphatic heterocycles. The summed E-state index contributed by atoms with van der Waals surface area (Å²) in [4.78, 5) is 61.3. The number of Topliss-reactive ketones (excluding diaryl/α,β-unsaturated/α-hetero) is 1. The molecule has 2 amide bonds. The Balaban J connectivity index is 1.55. The van der Waals surface area contributed by atoms with E-state index in [-0.39, 0.29) is 34.0 Å². The minimum atomic E-state index is -0.995. The second-order valence-electron chi connectivity index (χ2n) is 7.60. The number of fused-ring (bicyclic) bond motifs is 1. The second-order valence-corrected chi connectivity index (χ2v) is 7.60. The summed E-state index contributed by atoms with van der Waals surface area (Å²) in [5.41, 5.74) is 7.12. The first-order chi connectivity index (χ1) is 15.7. The number of imide groups is 1. The van der Waals surface area contributed by atoms with Crippen LogP contribution in [-0.2, 0) is 4.74 Å². The van der Waals surface area contributed by atoms with E-state index >= 15 is 0 Å². The number of nitrogen functional groups attached to an aromatic ring is 1. The molecule has 2 aromatic carbocycles. The Morgan fingerprint density at radius 3 is 2.18 bits per heavy atom. The number of esters is 1. The fourth-order valence-electron chi connectivity index (χ4n) is 3.53. The van der Waals surface area contributed by atoms with E-state index < -0.39 is 29.4 Å². The summed E-state index contributed by atoms with van der Waals surface area (Å²) in [6.45, 7) is 3.39. The van der Waals surface area contributed by atoms with Crippen LogP contribution in [0, 0.1) is 6.92 Å². The number of pyridine rings is 1. The number of nitrogens with zero attached hydrogens (tertiary/aromatic N) is 1. The van der Waals surface area contributed by atoms with E-state index in [9.17, 15) is 24.0 Å². The van der Waals surface area contributed by atoms with E-state index in [1.54, 1.807) is 24.3 Å². The van der Waals surface area contributed by atoms with Gasteiger partial charge in [-0.15, -0.1) is 0 Å². The predicted octanol–water partition coefficient (Wildman–Crippen LogP) is 2.04. The van der Waals surface area contributed by atoms with E-state index in [1.165, 1.54) is 31.2 Å². The van der Waals surface area contributed by atoms with E-state index in [2.05, 4.69) is 5.32 Å². The number of benzene rings is 2. The summed E-state index contributed by atoms with van der Waals surface area (Å²) in [7, 11) is 0. The summed E-state index contributed by atoms with van der Waals surface area (Å²) in [6, 6.07) is 13.7. The van der Waals surface area contributed by atoms with Gasteiger partial charge in [0, 0.05) is 11.6 Å². The van der Waals surface area contributed by atoms with Gasteiger partial charge in [-0.25, -0.2) is 4.79 Å². The van der Waals surface area contributed by atoms with Gasteiger partial charge in [-0.05, 0) is 38.1 Å². The lowest BCUT2D eigenvalue weighted by Crippen LogP contribution is -2.25. The Morgan fingerprint density at radius 2 is 1.55 bits per heavy atom.